The molecule has 0 unspecified atom stereocenters. The van der Waals surface area contributed by atoms with Crippen LogP contribution in [0.1, 0.15) is 12.0 Å². The summed E-state index contributed by atoms with van der Waals surface area (Å²) in [5, 5.41) is 0.631. The Hall–Kier alpha value is -2.33. The number of carbonyl (C=O) groups is 2. The second-order valence-corrected chi connectivity index (χ2v) is 6.61. The van der Waals surface area contributed by atoms with Crippen molar-refractivity contribution in [3.63, 3.8) is 0 Å². The maximum Gasteiger partial charge on any atom is 0.239 e. The summed E-state index contributed by atoms with van der Waals surface area (Å²) in [5.41, 5.74) is 2.91. The number of nitrogens with zero attached hydrogens (tertiary/aromatic N) is 2. The number of para-hydroxylation sites is 1. The van der Waals surface area contributed by atoms with E-state index in [1.807, 2.05) is 36.4 Å². The smallest absolute Gasteiger partial charge is 0.239 e. The highest BCUT2D eigenvalue weighted by Gasteiger charge is 2.41. The summed E-state index contributed by atoms with van der Waals surface area (Å²) in [6.45, 7) is 1.22. The van der Waals surface area contributed by atoms with E-state index in [1.165, 1.54) is 5.56 Å². The van der Waals surface area contributed by atoms with Crippen LogP contribution in [0, 0.1) is 5.92 Å². The number of hydrogen-bond acceptors (Lipinski definition) is 2. The lowest BCUT2D eigenvalue weighted by atomic mass is 10.1. The lowest BCUT2D eigenvalue weighted by molar-refractivity contribution is -0.130. The van der Waals surface area contributed by atoms with Crippen LogP contribution in [0.15, 0.2) is 48.5 Å². The molecule has 0 aromatic heterocycles. The Morgan fingerprint density at radius 2 is 1.79 bits per heavy atom. The van der Waals surface area contributed by atoms with Crippen LogP contribution in [0.25, 0.3) is 0 Å². The van der Waals surface area contributed by atoms with Crippen LogP contribution >= 0.6 is 11.6 Å². The summed E-state index contributed by atoms with van der Waals surface area (Å²) in [7, 11) is 0. The Morgan fingerprint density at radius 1 is 1.04 bits per heavy atom. The molecular weight excluding hydrogens is 324 g/mol. The average Bonchev–Trinajstić information content (AvgIpc) is 3.19. The van der Waals surface area contributed by atoms with Crippen molar-refractivity contribution in [3.8, 4) is 0 Å². The quantitative estimate of drug-likeness (QED) is 0.787. The molecular formula is C19H17ClN2O2. The van der Waals surface area contributed by atoms with Crippen molar-refractivity contribution in [1.29, 1.82) is 0 Å². The molecule has 4 rings (SSSR count). The van der Waals surface area contributed by atoms with Gasteiger partial charge in [0, 0.05) is 29.5 Å². The van der Waals surface area contributed by atoms with Crippen molar-refractivity contribution in [1.82, 2.24) is 0 Å². The maximum atomic E-state index is 12.9. The van der Waals surface area contributed by atoms with E-state index in [1.54, 1.807) is 21.9 Å². The van der Waals surface area contributed by atoms with Crippen molar-refractivity contribution in [2.75, 3.05) is 22.9 Å². The first-order valence-corrected chi connectivity index (χ1v) is 8.49. The number of fused-ring (bicyclic) bond motifs is 1. The summed E-state index contributed by atoms with van der Waals surface area (Å²) < 4.78 is 0. The van der Waals surface area contributed by atoms with Crippen molar-refractivity contribution in [2.24, 2.45) is 5.92 Å². The van der Waals surface area contributed by atoms with Gasteiger partial charge in [-0.15, -0.1) is 0 Å². The number of amides is 2. The van der Waals surface area contributed by atoms with E-state index in [9.17, 15) is 9.59 Å². The zero-order chi connectivity index (χ0) is 16.7. The maximum absolute atomic E-state index is 12.9. The van der Waals surface area contributed by atoms with Crippen molar-refractivity contribution >= 4 is 34.8 Å². The minimum atomic E-state index is -0.591. The molecule has 1 saturated heterocycles. The lowest BCUT2D eigenvalue weighted by Crippen LogP contribution is -2.39. The van der Waals surface area contributed by atoms with Crippen molar-refractivity contribution in [2.45, 2.75) is 12.8 Å². The van der Waals surface area contributed by atoms with Crippen LogP contribution in [0.3, 0.4) is 0 Å². The first-order valence-electron chi connectivity index (χ1n) is 8.11. The van der Waals surface area contributed by atoms with Gasteiger partial charge in [-0.25, -0.2) is 0 Å². The predicted octanol–water partition coefficient (Wildman–Crippen LogP) is 3.28. The molecule has 2 aliphatic heterocycles. The van der Waals surface area contributed by atoms with E-state index in [-0.39, 0.29) is 11.8 Å². The molecule has 0 radical (unpaired) electrons. The fourth-order valence-corrected chi connectivity index (χ4v) is 3.67. The number of benzene rings is 2. The van der Waals surface area contributed by atoms with Gasteiger partial charge in [-0.2, -0.15) is 0 Å². The van der Waals surface area contributed by atoms with Crippen molar-refractivity contribution < 1.29 is 9.59 Å². The number of hydrogen-bond donors (Lipinski definition) is 0. The molecule has 0 aliphatic carbocycles. The van der Waals surface area contributed by atoms with Gasteiger partial charge in [0.2, 0.25) is 11.8 Å². The molecule has 0 spiro atoms. The van der Waals surface area contributed by atoms with Gasteiger partial charge < -0.3 is 9.80 Å². The molecule has 5 heteroatoms. The van der Waals surface area contributed by atoms with Gasteiger partial charge in [0.25, 0.3) is 0 Å². The van der Waals surface area contributed by atoms with E-state index in [4.69, 9.17) is 11.6 Å². The van der Waals surface area contributed by atoms with E-state index in [0.717, 1.165) is 17.8 Å². The molecule has 122 valence electrons. The summed E-state index contributed by atoms with van der Waals surface area (Å²) in [6.07, 6.45) is 1.41. The monoisotopic (exact) mass is 340 g/mol. The topological polar surface area (TPSA) is 40.6 Å². The molecule has 4 nitrogen and oxygen atoms in total. The minimum absolute atomic E-state index is 0.0820. The van der Waals surface area contributed by atoms with E-state index < -0.39 is 5.92 Å². The summed E-state index contributed by atoms with van der Waals surface area (Å²) in [5.74, 6) is -0.792. The SMILES string of the molecule is O=C1[C@@H](C(=O)N2CCc3ccccc32)CCN1c1ccc(Cl)cc1. The molecule has 0 saturated carbocycles. The van der Waals surface area contributed by atoms with Crippen LogP contribution in [0.4, 0.5) is 11.4 Å². The van der Waals surface area contributed by atoms with E-state index >= 15 is 0 Å². The summed E-state index contributed by atoms with van der Waals surface area (Å²) >= 11 is 5.90. The predicted molar refractivity (Wildman–Crippen MR) is 94.4 cm³/mol. The number of anilines is 2. The van der Waals surface area contributed by atoms with Gasteiger partial charge >= 0.3 is 0 Å². The Kier molecular flexibility index (Phi) is 3.77. The fraction of sp³-hybridized carbons (Fsp3) is 0.263. The van der Waals surface area contributed by atoms with Gasteiger partial charge in [-0.1, -0.05) is 29.8 Å². The third-order valence-corrected chi connectivity index (χ3v) is 5.05. The molecule has 2 aromatic carbocycles. The average molecular weight is 341 g/mol. The number of halogens is 1. The third kappa shape index (κ3) is 2.47. The highest BCUT2D eigenvalue weighted by Crippen LogP contribution is 2.32. The molecule has 2 amide bonds. The standard InChI is InChI=1S/C19H17ClN2O2/c20-14-5-7-15(8-6-14)21-12-10-16(18(21)23)19(24)22-11-9-13-3-1-2-4-17(13)22/h1-8,16H,9-12H2/t16-/m0/s1. The Morgan fingerprint density at radius 3 is 2.58 bits per heavy atom. The Labute approximate surface area is 145 Å². The van der Waals surface area contributed by atoms with Gasteiger partial charge in [0.15, 0.2) is 0 Å². The van der Waals surface area contributed by atoms with E-state index in [0.29, 0.717) is 24.5 Å². The lowest BCUT2D eigenvalue weighted by Gasteiger charge is -2.21. The van der Waals surface area contributed by atoms with Crippen molar-refractivity contribution in [3.05, 3.63) is 59.1 Å². The molecule has 1 fully saturated rings. The summed E-state index contributed by atoms with van der Waals surface area (Å²) in [6, 6.07) is 15.1. The second-order valence-electron chi connectivity index (χ2n) is 6.18. The molecule has 0 bridgehead atoms. The number of carbonyl (C=O) groups excluding carboxylic acids is 2. The zero-order valence-electron chi connectivity index (χ0n) is 13.1. The molecule has 2 aliphatic rings. The van der Waals surface area contributed by atoms with Crippen LogP contribution in [-0.2, 0) is 16.0 Å². The molecule has 2 heterocycles. The molecule has 2 aromatic rings. The highest BCUT2D eigenvalue weighted by molar-refractivity contribution is 6.30. The van der Waals surface area contributed by atoms with Gasteiger partial charge in [0.05, 0.1) is 0 Å². The first kappa shape index (κ1) is 15.2. The summed E-state index contributed by atoms with van der Waals surface area (Å²) in [4.78, 5) is 29.1. The van der Waals surface area contributed by atoms with Gasteiger partial charge in [-0.05, 0) is 48.7 Å². The largest absolute Gasteiger partial charge is 0.312 e. The third-order valence-electron chi connectivity index (χ3n) is 4.80. The minimum Gasteiger partial charge on any atom is -0.312 e. The number of rotatable bonds is 2. The van der Waals surface area contributed by atoms with Crippen LogP contribution in [0.2, 0.25) is 5.02 Å². The molecule has 1 atom stereocenters. The van der Waals surface area contributed by atoms with E-state index in [2.05, 4.69) is 0 Å². The van der Waals surface area contributed by atoms with Crippen LogP contribution in [-0.4, -0.2) is 24.9 Å². The first-order chi connectivity index (χ1) is 11.6. The fourth-order valence-electron chi connectivity index (χ4n) is 3.54. The second kappa shape index (κ2) is 5.95. The normalized spacial score (nSPS) is 19.7. The zero-order valence-corrected chi connectivity index (χ0v) is 13.9. The van der Waals surface area contributed by atoms with Gasteiger partial charge in [0.1, 0.15) is 5.92 Å². The van der Waals surface area contributed by atoms with Crippen LogP contribution < -0.4 is 9.80 Å². The highest BCUT2D eigenvalue weighted by atomic mass is 35.5. The van der Waals surface area contributed by atoms with Crippen LogP contribution in [0.5, 0.6) is 0 Å². The van der Waals surface area contributed by atoms with Gasteiger partial charge in [-0.3, -0.25) is 9.59 Å². The Bertz CT molecular complexity index is 803. The Balaban J connectivity index is 1.55. The molecule has 24 heavy (non-hydrogen) atoms. The molecule has 0 N–H and O–H groups in total.